The summed E-state index contributed by atoms with van der Waals surface area (Å²) in [5, 5.41) is 0. The summed E-state index contributed by atoms with van der Waals surface area (Å²) >= 11 is 3.54. The fraction of sp³-hybridized carbons (Fsp3) is 0.182. The van der Waals surface area contributed by atoms with E-state index in [2.05, 4.69) is 40.2 Å². The van der Waals surface area contributed by atoms with E-state index < -0.39 is 17.3 Å². The molecule has 0 unspecified atom stereocenters. The minimum Gasteiger partial charge on any atom is -0.494 e. The van der Waals surface area contributed by atoms with Gasteiger partial charge in [-0.2, -0.15) is 0 Å². The number of amides is 2. The van der Waals surface area contributed by atoms with Crippen LogP contribution in [0.3, 0.4) is 0 Å². The van der Waals surface area contributed by atoms with Crippen molar-refractivity contribution in [3.8, 4) is 5.75 Å². The number of carbonyl (C=O) groups excluding carboxylic acids is 2. The van der Waals surface area contributed by atoms with Crippen LogP contribution < -0.4 is 9.64 Å². The van der Waals surface area contributed by atoms with Crippen molar-refractivity contribution in [3.05, 3.63) is 124 Å². The molecule has 1 heterocycles. The van der Waals surface area contributed by atoms with E-state index in [-0.39, 0.29) is 17.7 Å². The first-order valence-electron chi connectivity index (χ1n) is 13.1. The van der Waals surface area contributed by atoms with Crippen molar-refractivity contribution in [2.24, 2.45) is 16.8 Å². The third-order valence-corrected chi connectivity index (χ3v) is 8.81. The first-order valence-corrected chi connectivity index (χ1v) is 13.9. The zero-order valence-corrected chi connectivity index (χ0v) is 22.8. The molecule has 39 heavy (non-hydrogen) atoms. The highest BCUT2D eigenvalue weighted by molar-refractivity contribution is 9.10. The second kappa shape index (κ2) is 9.02. The third-order valence-electron chi connectivity index (χ3n) is 8.32. The number of nitrogens with zero attached hydrogens (tertiary/aromatic N) is 2. The van der Waals surface area contributed by atoms with Crippen molar-refractivity contribution in [2.75, 3.05) is 11.5 Å². The van der Waals surface area contributed by atoms with Crippen LogP contribution in [-0.4, -0.2) is 24.6 Å². The largest absolute Gasteiger partial charge is 0.494 e. The number of imide groups is 1. The van der Waals surface area contributed by atoms with Crippen molar-refractivity contribution >= 4 is 45.3 Å². The summed E-state index contributed by atoms with van der Waals surface area (Å²) in [6.45, 7) is 2.47. The highest BCUT2D eigenvalue weighted by atomic mass is 79.9. The molecule has 1 fully saturated rings. The number of hydrogen-bond donors (Lipinski definition) is 0. The first-order chi connectivity index (χ1) is 19.0. The second-order valence-corrected chi connectivity index (χ2v) is 11.1. The van der Waals surface area contributed by atoms with E-state index in [4.69, 9.17) is 9.73 Å². The third kappa shape index (κ3) is 3.41. The molecule has 4 aromatic carbocycles. The lowest BCUT2D eigenvalue weighted by Crippen LogP contribution is -2.54. The molecular formula is C33H25BrN2O3. The van der Waals surface area contributed by atoms with Gasteiger partial charge in [0, 0.05) is 16.6 Å². The van der Waals surface area contributed by atoms with Crippen LogP contribution in [0.2, 0.25) is 0 Å². The van der Waals surface area contributed by atoms with E-state index in [1.54, 1.807) is 12.1 Å². The molecule has 1 saturated heterocycles. The Kier molecular flexibility index (Phi) is 5.56. The minimum atomic E-state index is -0.887. The first kappa shape index (κ1) is 24.0. The maximum Gasteiger partial charge on any atom is 0.239 e. The zero-order chi connectivity index (χ0) is 26.7. The van der Waals surface area contributed by atoms with Gasteiger partial charge >= 0.3 is 0 Å². The van der Waals surface area contributed by atoms with E-state index in [0.29, 0.717) is 18.0 Å². The molecule has 3 aliphatic carbocycles. The Labute approximate surface area is 235 Å². The lowest BCUT2D eigenvalue weighted by molar-refractivity contribution is -0.122. The molecule has 192 valence electrons. The van der Waals surface area contributed by atoms with E-state index in [1.807, 2.05) is 73.8 Å². The van der Waals surface area contributed by atoms with Gasteiger partial charge in [-0.15, -0.1) is 0 Å². The Morgan fingerprint density at radius 3 is 2.18 bits per heavy atom. The van der Waals surface area contributed by atoms with E-state index in [0.717, 1.165) is 32.4 Å². The minimum absolute atomic E-state index is 0.164. The van der Waals surface area contributed by atoms with Gasteiger partial charge in [0.15, 0.2) is 0 Å². The van der Waals surface area contributed by atoms with Gasteiger partial charge in [0.25, 0.3) is 0 Å². The lowest BCUT2D eigenvalue weighted by atomic mass is 9.47. The van der Waals surface area contributed by atoms with Gasteiger partial charge in [-0.25, -0.2) is 4.90 Å². The number of aliphatic imine (C=N–C) groups is 1. The van der Waals surface area contributed by atoms with Crippen molar-refractivity contribution in [1.82, 2.24) is 0 Å². The fourth-order valence-electron chi connectivity index (χ4n) is 6.90. The van der Waals surface area contributed by atoms with Gasteiger partial charge in [0.05, 0.1) is 35.2 Å². The van der Waals surface area contributed by atoms with Gasteiger partial charge in [-0.05, 0) is 71.6 Å². The number of rotatable bonds is 5. The number of carbonyl (C=O) groups is 2. The number of benzene rings is 4. The Morgan fingerprint density at radius 1 is 0.872 bits per heavy atom. The molecule has 5 nitrogen and oxygen atoms in total. The SMILES string of the molecule is CCOc1ccc(N2C(=O)[C@H]3C4c5ccccc5C(C=Nc5cccc(Br)c5)(c5ccccc54)[C@H]3C2=O)cc1. The molecule has 0 saturated carbocycles. The fourth-order valence-corrected chi connectivity index (χ4v) is 7.28. The molecule has 4 aromatic rings. The topological polar surface area (TPSA) is 59.0 Å². The molecule has 6 heteroatoms. The Bertz CT molecular complexity index is 1610. The summed E-state index contributed by atoms with van der Waals surface area (Å²) in [4.78, 5) is 35.0. The van der Waals surface area contributed by atoms with Crippen LogP contribution in [0.4, 0.5) is 11.4 Å². The Balaban J connectivity index is 1.45. The summed E-state index contributed by atoms with van der Waals surface area (Å²) in [5.41, 5.74) is 4.72. The van der Waals surface area contributed by atoms with Gasteiger partial charge in [0.2, 0.25) is 11.8 Å². The number of hydrogen-bond acceptors (Lipinski definition) is 4. The summed E-state index contributed by atoms with van der Waals surface area (Å²) < 4.78 is 6.52. The molecule has 0 radical (unpaired) electrons. The van der Waals surface area contributed by atoms with Crippen LogP contribution in [0.25, 0.3) is 0 Å². The van der Waals surface area contributed by atoms with Crippen LogP contribution in [0.1, 0.15) is 35.1 Å². The molecule has 0 spiro atoms. The highest BCUT2D eigenvalue weighted by Gasteiger charge is 2.67. The van der Waals surface area contributed by atoms with Crippen LogP contribution >= 0.6 is 15.9 Å². The Hall–Kier alpha value is -4.03. The quantitative estimate of drug-likeness (QED) is 0.194. The van der Waals surface area contributed by atoms with Crippen LogP contribution in [0.15, 0.2) is 107 Å². The summed E-state index contributed by atoms with van der Waals surface area (Å²) in [6.07, 6.45) is 1.92. The molecule has 2 amide bonds. The maximum absolute atomic E-state index is 14.4. The number of ether oxygens (including phenoxy) is 1. The predicted octanol–water partition coefficient (Wildman–Crippen LogP) is 6.80. The van der Waals surface area contributed by atoms with Crippen LogP contribution in [-0.2, 0) is 15.0 Å². The predicted molar refractivity (Wildman–Crippen MR) is 155 cm³/mol. The molecule has 2 atom stereocenters. The molecule has 8 rings (SSSR count). The average molecular weight is 577 g/mol. The van der Waals surface area contributed by atoms with E-state index in [9.17, 15) is 9.59 Å². The molecule has 4 aliphatic rings. The molecule has 2 bridgehead atoms. The standard InChI is InChI=1S/C33H25BrN2O3/c1-2-39-23-16-14-22(15-17-23)36-31(37)29-28-24-10-3-5-12-26(24)33(30(29)32(36)38,27-13-6-4-11-25(27)28)19-35-21-9-7-8-20(34)18-21/h3-19,28-30H,2H2,1H3/t28?,29-,30+,33?/m0/s1. The van der Waals surface area contributed by atoms with Crippen molar-refractivity contribution in [1.29, 1.82) is 0 Å². The van der Waals surface area contributed by atoms with Gasteiger partial charge in [0.1, 0.15) is 5.75 Å². The monoisotopic (exact) mass is 576 g/mol. The maximum atomic E-state index is 14.4. The molecular weight excluding hydrogens is 552 g/mol. The number of halogens is 1. The zero-order valence-electron chi connectivity index (χ0n) is 21.3. The molecule has 0 N–H and O–H groups in total. The summed E-state index contributed by atoms with van der Waals surface area (Å²) in [6, 6.07) is 31.4. The highest BCUT2D eigenvalue weighted by Crippen LogP contribution is 2.63. The van der Waals surface area contributed by atoms with Gasteiger partial charge < -0.3 is 4.74 Å². The van der Waals surface area contributed by atoms with Crippen LogP contribution in [0.5, 0.6) is 5.75 Å². The molecule has 0 aromatic heterocycles. The summed E-state index contributed by atoms with van der Waals surface area (Å²) in [7, 11) is 0. The van der Waals surface area contributed by atoms with E-state index >= 15 is 0 Å². The molecule has 1 aliphatic heterocycles. The van der Waals surface area contributed by atoms with Crippen molar-refractivity contribution < 1.29 is 14.3 Å². The lowest BCUT2D eigenvalue weighted by Gasteiger charge is -2.52. The normalized spacial score (nSPS) is 24.6. The van der Waals surface area contributed by atoms with Crippen molar-refractivity contribution in [2.45, 2.75) is 18.3 Å². The average Bonchev–Trinajstić information content (AvgIpc) is 3.23. The van der Waals surface area contributed by atoms with E-state index in [1.165, 1.54) is 4.90 Å². The van der Waals surface area contributed by atoms with Crippen LogP contribution in [0, 0.1) is 11.8 Å². The summed E-state index contributed by atoms with van der Waals surface area (Å²) in [5.74, 6) is -0.986. The van der Waals surface area contributed by atoms with Crippen molar-refractivity contribution in [3.63, 3.8) is 0 Å². The van der Waals surface area contributed by atoms with Gasteiger partial charge in [-0.1, -0.05) is 70.5 Å². The second-order valence-electron chi connectivity index (χ2n) is 10.2. The Morgan fingerprint density at radius 2 is 1.54 bits per heavy atom. The van der Waals surface area contributed by atoms with Gasteiger partial charge in [-0.3, -0.25) is 14.6 Å². The number of anilines is 1. The smallest absolute Gasteiger partial charge is 0.239 e.